The molecule has 2 N–H and O–H groups in total. The third-order valence-corrected chi connectivity index (χ3v) is 7.69. The Bertz CT molecular complexity index is 1410. The summed E-state index contributed by atoms with van der Waals surface area (Å²) >= 11 is 0. The molecule has 1 fully saturated rings. The van der Waals surface area contributed by atoms with Gasteiger partial charge in [0.15, 0.2) is 0 Å². The predicted molar refractivity (Wildman–Crippen MR) is 165 cm³/mol. The van der Waals surface area contributed by atoms with Crippen LogP contribution in [-0.4, -0.2) is 89.0 Å². The summed E-state index contributed by atoms with van der Waals surface area (Å²) in [5.74, 6) is -1.16. The van der Waals surface area contributed by atoms with Gasteiger partial charge in [0.05, 0.1) is 38.3 Å². The van der Waals surface area contributed by atoms with Crippen molar-refractivity contribution >= 4 is 17.8 Å². The summed E-state index contributed by atoms with van der Waals surface area (Å²) in [5.41, 5.74) is 2.55. The first-order valence-electron chi connectivity index (χ1n) is 15.5. The number of oxazole rings is 1. The van der Waals surface area contributed by atoms with Crippen LogP contribution in [0.25, 0.3) is 22.7 Å². The number of hydrogen-bond acceptors (Lipinski definition) is 9. The van der Waals surface area contributed by atoms with Crippen molar-refractivity contribution < 1.29 is 28.3 Å². The number of esters is 1. The minimum Gasteiger partial charge on any atom is -0.464 e. The molecule has 238 valence electrons. The van der Waals surface area contributed by atoms with Crippen molar-refractivity contribution in [1.82, 2.24) is 30.3 Å². The Labute approximate surface area is 258 Å². The minimum absolute atomic E-state index is 0.0203. The van der Waals surface area contributed by atoms with Gasteiger partial charge in [-0.25, -0.2) is 9.78 Å². The standard InChI is InChI=1S/C32H44N6O6/c1-6-24(7-2)34-29(39)26-19-25(36-38(26)13-12-37-14-16-42-17-15-37)22-10-9-11-23(18-22)31-33-20-27(44-31)30(40)35-28(21(4)5)32(41)43-8-3/h9-11,18-21,24,28H,6-8,12-17H2,1-5H3,(H,34,39)(H,35,40)/t28-/m0/s1. The van der Waals surface area contributed by atoms with E-state index >= 15 is 0 Å². The topological polar surface area (TPSA) is 141 Å². The molecule has 12 nitrogen and oxygen atoms in total. The van der Waals surface area contributed by atoms with Gasteiger partial charge >= 0.3 is 5.97 Å². The quantitative estimate of drug-likeness (QED) is 0.262. The van der Waals surface area contributed by atoms with Gasteiger partial charge in [-0.1, -0.05) is 39.8 Å². The molecule has 2 amide bonds. The van der Waals surface area contributed by atoms with Gasteiger partial charge in [-0.15, -0.1) is 0 Å². The van der Waals surface area contributed by atoms with E-state index in [2.05, 4.69) is 34.4 Å². The second kappa shape index (κ2) is 15.6. The van der Waals surface area contributed by atoms with Crippen LogP contribution < -0.4 is 10.6 Å². The number of carbonyl (C=O) groups excluding carboxylic acids is 3. The number of hydrogen-bond donors (Lipinski definition) is 2. The maximum absolute atomic E-state index is 13.3. The van der Waals surface area contributed by atoms with Crippen molar-refractivity contribution in [2.75, 3.05) is 39.5 Å². The van der Waals surface area contributed by atoms with Gasteiger partial charge in [0.25, 0.3) is 11.8 Å². The molecule has 3 heterocycles. The summed E-state index contributed by atoms with van der Waals surface area (Å²) in [5, 5.41) is 10.7. The maximum Gasteiger partial charge on any atom is 0.328 e. The predicted octanol–water partition coefficient (Wildman–Crippen LogP) is 3.77. The molecule has 0 bridgehead atoms. The lowest BCUT2D eigenvalue weighted by Gasteiger charge is -2.26. The molecule has 1 aromatic carbocycles. The van der Waals surface area contributed by atoms with E-state index in [4.69, 9.17) is 19.0 Å². The summed E-state index contributed by atoms with van der Waals surface area (Å²) in [6.45, 7) is 14.1. The maximum atomic E-state index is 13.3. The third-order valence-electron chi connectivity index (χ3n) is 7.69. The van der Waals surface area contributed by atoms with Crippen LogP contribution in [0.4, 0.5) is 0 Å². The molecule has 1 atom stereocenters. The van der Waals surface area contributed by atoms with Crippen LogP contribution in [0.5, 0.6) is 0 Å². The SMILES string of the molecule is CCOC(=O)[C@@H](NC(=O)c1cnc(-c2cccc(-c3cc(C(=O)NC(CC)CC)n(CCN4CCOCC4)n3)c2)o1)C(C)C. The Hall–Kier alpha value is -4.03. The van der Waals surface area contributed by atoms with Crippen LogP contribution in [0.3, 0.4) is 0 Å². The van der Waals surface area contributed by atoms with E-state index in [9.17, 15) is 14.4 Å². The van der Waals surface area contributed by atoms with E-state index < -0.39 is 17.9 Å². The zero-order valence-corrected chi connectivity index (χ0v) is 26.3. The molecule has 3 aromatic rings. The van der Waals surface area contributed by atoms with Gasteiger partial charge in [0, 0.05) is 36.8 Å². The van der Waals surface area contributed by atoms with E-state index in [1.165, 1.54) is 6.20 Å². The Balaban J connectivity index is 1.55. The molecule has 1 aliphatic rings. The van der Waals surface area contributed by atoms with Crippen LogP contribution in [0.15, 0.2) is 40.9 Å². The van der Waals surface area contributed by atoms with Gasteiger partial charge in [-0.05, 0) is 43.9 Å². The lowest BCUT2D eigenvalue weighted by atomic mass is 10.0. The number of nitrogens with one attached hydrogen (secondary N) is 2. The molecular formula is C32H44N6O6. The first-order chi connectivity index (χ1) is 21.2. The van der Waals surface area contributed by atoms with Crippen LogP contribution in [0.2, 0.25) is 0 Å². The smallest absolute Gasteiger partial charge is 0.328 e. The number of carbonyl (C=O) groups is 3. The second-order valence-corrected chi connectivity index (χ2v) is 11.1. The monoisotopic (exact) mass is 608 g/mol. The Morgan fingerprint density at radius 2 is 1.70 bits per heavy atom. The van der Waals surface area contributed by atoms with E-state index in [0.717, 1.165) is 38.0 Å². The number of aromatic nitrogens is 3. The van der Waals surface area contributed by atoms with E-state index in [1.807, 2.05) is 44.2 Å². The molecule has 0 aliphatic carbocycles. The molecule has 12 heteroatoms. The van der Waals surface area contributed by atoms with Crippen molar-refractivity contribution in [3.63, 3.8) is 0 Å². The molecule has 44 heavy (non-hydrogen) atoms. The zero-order valence-electron chi connectivity index (χ0n) is 26.3. The van der Waals surface area contributed by atoms with Gasteiger partial charge in [0.1, 0.15) is 11.7 Å². The highest BCUT2D eigenvalue weighted by Gasteiger charge is 2.27. The number of benzene rings is 1. The first-order valence-corrected chi connectivity index (χ1v) is 15.5. The summed E-state index contributed by atoms with van der Waals surface area (Å²) < 4.78 is 18.1. The Morgan fingerprint density at radius 1 is 0.977 bits per heavy atom. The van der Waals surface area contributed by atoms with Crippen molar-refractivity contribution in [3.05, 3.63) is 48.0 Å². The fraction of sp³-hybridized carbons (Fsp3) is 0.531. The van der Waals surface area contributed by atoms with Gasteiger partial charge in [0.2, 0.25) is 11.7 Å². The normalized spacial score (nSPS) is 14.5. The van der Waals surface area contributed by atoms with Gasteiger partial charge in [-0.3, -0.25) is 19.2 Å². The van der Waals surface area contributed by atoms with Crippen LogP contribution >= 0.6 is 0 Å². The number of rotatable bonds is 14. The summed E-state index contributed by atoms with van der Waals surface area (Å²) in [6.07, 6.45) is 3.02. The lowest BCUT2D eigenvalue weighted by Crippen LogP contribution is -2.45. The molecule has 4 rings (SSSR count). The number of amides is 2. The molecule has 1 saturated heterocycles. The van der Waals surface area contributed by atoms with E-state index in [0.29, 0.717) is 36.7 Å². The second-order valence-electron chi connectivity index (χ2n) is 11.1. The van der Waals surface area contributed by atoms with E-state index in [1.54, 1.807) is 11.6 Å². The number of nitrogens with zero attached hydrogens (tertiary/aromatic N) is 4. The zero-order chi connectivity index (χ0) is 31.6. The number of ether oxygens (including phenoxy) is 2. The fourth-order valence-corrected chi connectivity index (χ4v) is 4.99. The Kier molecular flexibility index (Phi) is 11.7. The highest BCUT2D eigenvalue weighted by molar-refractivity contribution is 5.95. The van der Waals surface area contributed by atoms with Crippen LogP contribution in [0.1, 0.15) is 68.5 Å². The van der Waals surface area contributed by atoms with Crippen molar-refractivity contribution in [1.29, 1.82) is 0 Å². The van der Waals surface area contributed by atoms with Crippen molar-refractivity contribution in [2.24, 2.45) is 5.92 Å². The minimum atomic E-state index is -0.811. The lowest BCUT2D eigenvalue weighted by molar-refractivity contribution is -0.146. The molecule has 0 radical (unpaired) electrons. The molecular weight excluding hydrogens is 564 g/mol. The highest BCUT2D eigenvalue weighted by atomic mass is 16.5. The van der Waals surface area contributed by atoms with Gasteiger partial charge < -0.3 is 24.5 Å². The molecule has 0 saturated carbocycles. The Morgan fingerprint density at radius 3 is 2.39 bits per heavy atom. The first kappa shape index (κ1) is 32.9. The molecule has 0 spiro atoms. The largest absolute Gasteiger partial charge is 0.464 e. The fourth-order valence-electron chi connectivity index (χ4n) is 4.99. The van der Waals surface area contributed by atoms with Crippen molar-refractivity contribution in [3.8, 4) is 22.7 Å². The average molecular weight is 609 g/mol. The highest BCUT2D eigenvalue weighted by Crippen LogP contribution is 2.27. The molecule has 2 aromatic heterocycles. The molecule has 1 aliphatic heterocycles. The van der Waals surface area contributed by atoms with Crippen LogP contribution in [0, 0.1) is 5.92 Å². The van der Waals surface area contributed by atoms with Crippen LogP contribution in [-0.2, 0) is 20.8 Å². The van der Waals surface area contributed by atoms with Crippen molar-refractivity contribution in [2.45, 2.75) is 66.1 Å². The summed E-state index contributed by atoms with van der Waals surface area (Å²) in [7, 11) is 0. The number of morpholine rings is 1. The van der Waals surface area contributed by atoms with Gasteiger partial charge in [-0.2, -0.15) is 5.10 Å². The summed E-state index contributed by atoms with van der Waals surface area (Å²) in [4.78, 5) is 45.1. The third kappa shape index (κ3) is 8.32. The molecule has 0 unspecified atom stereocenters. The van der Waals surface area contributed by atoms with E-state index in [-0.39, 0.29) is 36.1 Å². The summed E-state index contributed by atoms with van der Waals surface area (Å²) in [6, 6.07) is 8.52. The average Bonchev–Trinajstić information content (AvgIpc) is 3.70.